The van der Waals surface area contributed by atoms with E-state index >= 15 is 0 Å². The van der Waals surface area contributed by atoms with E-state index in [-0.39, 0.29) is 0 Å². The van der Waals surface area contributed by atoms with E-state index < -0.39 is 0 Å². The van der Waals surface area contributed by atoms with Gasteiger partial charge >= 0.3 is 0 Å². The molecule has 0 amide bonds. The number of likely N-dealkylation sites (N-methyl/N-ethyl adjacent to an activating group) is 1. The molecular formula is C20H33N. The van der Waals surface area contributed by atoms with Crippen molar-refractivity contribution in [3.05, 3.63) is 35.4 Å². The number of hydrogen-bond acceptors (Lipinski definition) is 1. The molecule has 0 aromatic heterocycles. The Hall–Kier alpha value is -0.820. The van der Waals surface area contributed by atoms with E-state index in [0.717, 1.165) is 24.8 Å². The molecular weight excluding hydrogens is 254 g/mol. The molecule has 1 N–H and O–H groups in total. The van der Waals surface area contributed by atoms with Crippen LogP contribution in [-0.2, 0) is 12.8 Å². The Kier molecular flexibility index (Phi) is 6.76. The monoisotopic (exact) mass is 287 g/mol. The van der Waals surface area contributed by atoms with E-state index in [0.29, 0.717) is 6.04 Å². The normalized spacial score (nSPS) is 24.0. The molecule has 0 aliphatic heterocycles. The van der Waals surface area contributed by atoms with Crippen LogP contribution in [0.2, 0.25) is 0 Å². The van der Waals surface area contributed by atoms with Gasteiger partial charge in [0.05, 0.1) is 0 Å². The number of hydrogen-bond donors (Lipinski definition) is 1. The van der Waals surface area contributed by atoms with E-state index in [1.165, 1.54) is 49.7 Å². The van der Waals surface area contributed by atoms with Crippen molar-refractivity contribution < 1.29 is 0 Å². The largest absolute Gasteiger partial charge is 0.314 e. The van der Waals surface area contributed by atoms with Gasteiger partial charge in [0.2, 0.25) is 0 Å². The number of aryl methyl sites for hydroxylation is 1. The summed E-state index contributed by atoms with van der Waals surface area (Å²) in [5, 5.41) is 3.77. The molecule has 2 rings (SSSR count). The van der Waals surface area contributed by atoms with Crippen LogP contribution in [-0.4, -0.2) is 12.6 Å². The lowest BCUT2D eigenvalue weighted by Gasteiger charge is -2.35. The van der Waals surface area contributed by atoms with Crippen LogP contribution in [0.3, 0.4) is 0 Å². The Morgan fingerprint density at radius 1 is 1.05 bits per heavy atom. The fourth-order valence-corrected chi connectivity index (χ4v) is 3.90. The highest BCUT2D eigenvalue weighted by atomic mass is 14.9. The van der Waals surface area contributed by atoms with Crippen molar-refractivity contribution in [2.45, 2.75) is 71.8 Å². The van der Waals surface area contributed by atoms with Crippen LogP contribution in [0.25, 0.3) is 0 Å². The second kappa shape index (κ2) is 8.58. The van der Waals surface area contributed by atoms with E-state index in [2.05, 4.69) is 50.4 Å². The van der Waals surface area contributed by atoms with Gasteiger partial charge in [-0.15, -0.1) is 0 Å². The predicted octanol–water partition coefficient (Wildman–Crippen LogP) is 4.99. The lowest BCUT2D eigenvalue weighted by Crippen LogP contribution is -2.40. The lowest BCUT2D eigenvalue weighted by molar-refractivity contribution is 0.208. The molecule has 3 unspecified atom stereocenters. The zero-order chi connectivity index (χ0) is 15.1. The van der Waals surface area contributed by atoms with Crippen LogP contribution in [0, 0.1) is 11.8 Å². The molecule has 1 aliphatic rings. The summed E-state index contributed by atoms with van der Waals surface area (Å²) in [4.78, 5) is 0. The third-order valence-corrected chi connectivity index (χ3v) is 5.32. The molecule has 0 bridgehead atoms. The fourth-order valence-electron chi connectivity index (χ4n) is 3.90. The molecule has 1 saturated carbocycles. The topological polar surface area (TPSA) is 12.0 Å². The minimum Gasteiger partial charge on any atom is -0.314 e. The average Bonchev–Trinajstić information content (AvgIpc) is 2.55. The molecule has 1 aliphatic carbocycles. The third-order valence-electron chi connectivity index (χ3n) is 5.32. The van der Waals surface area contributed by atoms with Crippen molar-refractivity contribution >= 4 is 0 Å². The number of nitrogens with one attached hydrogen (secondary N) is 1. The molecule has 0 saturated heterocycles. The van der Waals surface area contributed by atoms with Gasteiger partial charge in [-0.05, 0) is 55.2 Å². The maximum Gasteiger partial charge on any atom is 0.0136 e. The average molecular weight is 287 g/mol. The summed E-state index contributed by atoms with van der Waals surface area (Å²) in [7, 11) is 0. The molecule has 1 fully saturated rings. The van der Waals surface area contributed by atoms with Gasteiger partial charge in [0.15, 0.2) is 0 Å². The smallest absolute Gasteiger partial charge is 0.0136 e. The summed E-state index contributed by atoms with van der Waals surface area (Å²) in [6.45, 7) is 7.92. The highest BCUT2D eigenvalue weighted by Gasteiger charge is 2.27. The van der Waals surface area contributed by atoms with E-state index in [1.807, 2.05) is 0 Å². The van der Waals surface area contributed by atoms with Crippen LogP contribution in [0.1, 0.15) is 64.0 Å². The molecule has 1 heteroatoms. The second-order valence-corrected chi connectivity index (χ2v) is 6.74. The van der Waals surface area contributed by atoms with Crippen LogP contribution in [0.15, 0.2) is 24.3 Å². The third kappa shape index (κ3) is 4.85. The highest BCUT2D eigenvalue weighted by molar-refractivity contribution is 5.23. The van der Waals surface area contributed by atoms with Crippen molar-refractivity contribution in [3.8, 4) is 0 Å². The van der Waals surface area contributed by atoms with E-state index in [4.69, 9.17) is 0 Å². The Balaban J connectivity index is 2.00. The minimum absolute atomic E-state index is 0.664. The molecule has 0 radical (unpaired) electrons. The van der Waals surface area contributed by atoms with Gasteiger partial charge in [-0.2, -0.15) is 0 Å². The summed E-state index contributed by atoms with van der Waals surface area (Å²) < 4.78 is 0. The number of rotatable bonds is 7. The van der Waals surface area contributed by atoms with Gasteiger partial charge in [-0.25, -0.2) is 0 Å². The standard InChI is InChI=1S/C20H33N/c1-4-16-10-12-18(13-11-16)15-20(21-6-3)19-9-7-8-17(5-2)14-19/h10-13,17,19-21H,4-9,14-15H2,1-3H3. The highest BCUT2D eigenvalue weighted by Crippen LogP contribution is 2.33. The quantitative estimate of drug-likeness (QED) is 0.745. The van der Waals surface area contributed by atoms with Crippen molar-refractivity contribution in [2.75, 3.05) is 6.54 Å². The molecule has 21 heavy (non-hydrogen) atoms. The molecule has 1 nitrogen and oxygen atoms in total. The van der Waals surface area contributed by atoms with Gasteiger partial charge in [0, 0.05) is 6.04 Å². The Morgan fingerprint density at radius 3 is 2.38 bits per heavy atom. The molecule has 118 valence electrons. The molecule has 0 heterocycles. The predicted molar refractivity (Wildman–Crippen MR) is 92.7 cm³/mol. The molecule has 1 aromatic carbocycles. The van der Waals surface area contributed by atoms with Crippen LogP contribution in [0.4, 0.5) is 0 Å². The lowest BCUT2D eigenvalue weighted by atomic mass is 9.75. The van der Waals surface area contributed by atoms with Gasteiger partial charge in [0.1, 0.15) is 0 Å². The van der Waals surface area contributed by atoms with Crippen molar-refractivity contribution in [1.82, 2.24) is 5.32 Å². The molecule has 1 aromatic rings. The summed E-state index contributed by atoms with van der Waals surface area (Å²) >= 11 is 0. The van der Waals surface area contributed by atoms with Crippen molar-refractivity contribution in [3.63, 3.8) is 0 Å². The minimum atomic E-state index is 0.664. The summed E-state index contributed by atoms with van der Waals surface area (Å²) in [6.07, 6.45) is 9.43. The molecule has 3 atom stereocenters. The summed E-state index contributed by atoms with van der Waals surface area (Å²) in [5.41, 5.74) is 2.94. The van der Waals surface area contributed by atoms with Crippen molar-refractivity contribution in [2.24, 2.45) is 11.8 Å². The van der Waals surface area contributed by atoms with E-state index in [1.54, 1.807) is 0 Å². The second-order valence-electron chi connectivity index (χ2n) is 6.74. The van der Waals surface area contributed by atoms with Gasteiger partial charge in [0.25, 0.3) is 0 Å². The maximum absolute atomic E-state index is 3.77. The molecule has 0 spiro atoms. The van der Waals surface area contributed by atoms with Crippen LogP contribution in [0.5, 0.6) is 0 Å². The SMILES string of the molecule is CCNC(Cc1ccc(CC)cc1)C1CCCC(CC)C1. The zero-order valence-corrected chi connectivity index (χ0v) is 14.2. The first-order chi connectivity index (χ1) is 10.3. The van der Waals surface area contributed by atoms with Gasteiger partial charge in [-0.1, -0.05) is 64.3 Å². The zero-order valence-electron chi connectivity index (χ0n) is 14.2. The Morgan fingerprint density at radius 2 is 1.76 bits per heavy atom. The fraction of sp³-hybridized carbons (Fsp3) is 0.700. The van der Waals surface area contributed by atoms with Crippen LogP contribution >= 0.6 is 0 Å². The summed E-state index contributed by atoms with van der Waals surface area (Å²) in [5.74, 6) is 1.84. The Labute approximate surface area is 131 Å². The Bertz CT molecular complexity index is 395. The first-order valence-corrected chi connectivity index (χ1v) is 9.07. The first-order valence-electron chi connectivity index (χ1n) is 9.07. The van der Waals surface area contributed by atoms with Gasteiger partial charge in [-0.3, -0.25) is 0 Å². The van der Waals surface area contributed by atoms with Gasteiger partial charge < -0.3 is 5.32 Å². The summed E-state index contributed by atoms with van der Waals surface area (Å²) in [6, 6.07) is 9.94. The van der Waals surface area contributed by atoms with Crippen molar-refractivity contribution in [1.29, 1.82) is 0 Å². The number of benzene rings is 1. The maximum atomic E-state index is 3.77. The van der Waals surface area contributed by atoms with E-state index in [9.17, 15) is 0 Å². The van der Waals surface area contributed by atoms with Crippen LogP contribution < -0.4 is 5.32 Å². The first kappa shape index (κ1) is 16.5.